The second-order valence-corrected chi connectivity index (χ2v) is 4.73. The van der Waals surface area contributed by atoms with Gasteiger partial charge in [-0.1, -0.05) is 69.1 Å². The molecule has 0 bridgehead atoms. The van der Waals surface area contributed by atoms with Gasteiger partial charge in [-0.25, -0.2) is 0 Å². The van der Waals surface area contributed by atoms with Crippen molar-refractivity contribution in [3.05, 3.63) is 36.5 Å². The predicted molar refractivity (Wildman–Crippen MR) is 82.3 cm³/mol. The topological polar surface area (TPSA) is 37.3 Å². The lowest BCUT2D eigenvalue weighted by Crippen LogP contribution is -1.92. The zero-order chi connectivity index (χ0) is 14.2. The molecule has 108 valence electrons. The zero-order valence-electron chi connectivity index (χ0n) is 12.2. The van der Waals surface area contributed by atoms with Crippen LogP contribution in [-0.2, 0) is 4.79 Å². The van der Waals surface area contributed by atoms with Crippen LogP contribution < -0.4 is 0 Å². The number of carboxylic acid groups (broad SMARTS) is 1. The Labute approximate surface area is 117 Å². The first-order valence-electron chi connectivity index (χ1n) is 7.47. The molecule has 0 fully saturated rings. The van der Waals surface area contributed by atoms with Crippen molar-refractivity contribution in [2.45, 2.75) is 64.7 Å². The zero-order valence-corrected chi connectivity index (χ0v) is 12.2. The summed E-state index contributed by atoms with van der Waals surface area (Å²) in [6, 6.07) is 0. The van der Waals surface area contributed by atoms with Gasteiger partial charge in [0.1, 0.15) is 0 Å². The van der Waals surface area contributed by atoms with Gasteiger partial charge in [-0.05, 0) is 25.7 Å². The van der Waals surface area contributed by atoms with E-state index in [4.69, 9.17) is 5.11 Å². The molecule has 0 saturated heterocycles. The summed E-state index contributed by atoms with van der Waals surface area (Å²) in [4.78, 5) is 10.3. The van der Waals surface area contributed by atoms with Crippen LogP contribution in [0.4, 0.5) is 0 Å². The average molecular weight is 264 g/mol. The third kappa shape index (κ3) is 16.7. The minimum absolute atomic E-state index is 0.256. The van der Waals surface area contributed by atoms with Crippen molar-refractivity contribution in [3.8, 4) is 0 Å². The third-order valence-electron chi connectivity index (χ3n) is 2.84. The van der Waals surface area contributed by atoms with Gasteiger partial charge < -0.3 is 5.11 Å². The maximum atomic E-state index is 10.3. The van der Waals surface area contributed by atoms with Crippen LogP contribution in [0.5, 0.6) is 0 Å². The van der Waals surface area contributed by atoms with Gasteiger partial charge in [0.15, 0.2) is 0 Å². The van der Waals surface area contributed by atoms with Crippen molar-refractivity contribution >= 4 is 5.97 Å². The fourth-order valence-corrected chi connectivity index (χ4v) is 1.71. The Morgan fingerprint density at radius 3 is 2.00 bits per heavy atom. The molecule has 1 N–H and O–H groups in total. The SMILES string of the molecule is CCCCCCCC=CC=CC=CCCCC(=O)O. The number of rotatable bonds is 12. The van der Waals surface area contributed by atoms with Gasteiger partial charge in [-0.15, -0.1) is 0 Å². The van der Waals surface area contributed by atoms with Crippen LogP contribution in [0.1, 0.15) is 64.7 Å². The van der Waals surface area contributed by atoms with Crippen LogP contribution in [-0.4, -0.2) is 11.1 Å². The van der Waals surface area contributed by atoms with Crippen LogP contribution >= 0.6 is 0 Å². The molecule has 2 nitrogen and oxygen atoms in total. The molecule has 0 radical (unpaired) electrons. The maximum absolute atomic E-state index is 10.3. The van der Waals surface area contributed by atoms with E-state index in [9.17, 15) is 4.79 Å². The van der Waals surface area contributed by atoms with E-state index in [1.807, 2.05) is 24.3 Å². The molecule has 0 spiro atoms. The maximum Gasteiger partial charge on any atom is 0.303 e. The Morgan fingerprint density at radius 1 is 0.842 bits per heavy atom. The minimum Gasteiger partial charge on any atom is -0.481 e. The Balaban J connectivity index is 3.36. The summed E-state index contributed by atoms with van der Waals surface area (Å²) >= 11 is 0. The quantitative estimate of drug-likeness (QED) is 0.385. The molecule has 0 heterocycles. The highest BCUT2D eigenvalue weighted by atomic mass is 16.4. The van der Waals surface area contributed by atoms with Gasteiger partial charge >= 0.3 is 5.97 Å². The lowest BCUT2D eigenvalue weighted by atomic mass is 10.1. The molecule has 0 atom stereocenters. The van der Waals surface area contributed by atoms with Crippen molar-refractivity contribution in [2.24, 2.45) is 0 Å². The third-order valence-corrected chi connectivity index (χ3v) is 2.84. The Morgan fingerprint density at radius 2 is 1.42 bits per heavy atom. The number of hydrogen-bond acceptors (Lipinski definition) is 1. The van der Waals surface area contributed by atoms with E-state index >= 15 is 0 Å². The van der Waals surface area contributed by atoms with Crippen LogP contribution in [0.25, 0.3) is 0 Å². The van der Waals surface area contributed by atoms with E-state index in [1.165, 1.54) is 32.1 Å². The Kier molecular flexibility index (Phi) is 13.7. The molecule has 0 amide bonds. The molecule has 0 aromatic carbocycles. The van der Waals surface area contributed by atoms with Crippen LogP contribution in [0.15, 0.2) is 36.5 Å². The number of allylic oxidation sites excluding steroid dienone is 6. The summed E-state index contributed by atoms with van der Waals surface area (Å²) in [7, 11) is 0. The second-order valence-electron chi connectivity index (χ2n) is 4.73. The van der Waals surface area contributed by atoms with Crippen molar-refractivity contribution in [1.29, 1.82) is 0 Å². The smallest absolute Gasteiger partial charge is 0.303 e. The number of unbranched alkanes of at least 4 members (excludes halogenated alkanes) is 6. The summed E-state index contributed by atoms with van der Waals surface area (Å²) in [5, 5.41) is 8.46. The first-order chi connectivity index (χ1) is 9.27. The highest BCUT2D eigenvalue weighted by Crippen LogP contribution is 2.05. The van der Waals surface area contributed by atoms with Crippen LogP contribution in [0.3, 0.4) is 0 Å². The molecular formula is C17H28O2. The van der Waals surface area contributed by atoms with Crippen molar-refractivity contribution < 1.29 is 9.90 Å². The van der Waals surface area contributed by atoms with Crippen molar-refractivity contribution in [2.75, 3.05) is 0 Å². The fraction of sp³-hybridized carbons (Fsp3) is 0.588. The number of hydrogen-bond donors (Lipinski definition) is 1. The molecule has 0 unspecified atom stereocenters. The molecule has 0 aromatic heterocycles. The number of carboxylic acids is 1. The monoisotopic (exact) mass is 264 g/mol. The summed E-state index contributed by atoms with van der Waals surface area (Å²) in [5.74, 6) is -0.717. The van der Waals surface area contributed by atoms with Crippen molar-refractivity contribution in [1.82, 2.24) is 0 Å². The molecule has 2 heteroatoms. The largest absolute Gasteiger partial charge is 0.481 e. The Hall–Kier alpha value is -1.31. The van der Waals surface area contributed by atoms with E-state index in [1.54, 1.807) is 0 Å². The van der Waals surface area contributed by atoms with E-state index < -0.39 is 5.97 Å². The standard InChI is InChI=1S/C17H28O2/c1-2-3-4-5-6-7-8-9-10-11-12-13-14-15-16-17(18)19/h8-13H,2-7,14-16H2,1H3,(H,18,19). The highest BCUT2D eigenvalue weighted by molar-refractivity contribution is 5.66. The van der Waals surface area contributed by atoms with Gasteiger partial charge in [-0.3, -0.25) is 4.79 Å². The lowest BCUT2D eigenvalue weighted by molar-refractivity contribution is -0.137. The number of carbonyl (C=O) groups is 1. The molecule has 0 aromatic rings. The highest BCUT2D eigenvalue weighted by Gasteiger charge is 1.92. The van der Waals surface area contributed by atoms with E-state index in [2.05, 4.69) is 19.1 Å². The minimum atomic E-state index is -0.717. The predicted octanol–water partition coefficient (Wildman–Crippen LogP) is 5.27. The first kappa shape index (κ1) is 17.7. The molecular weight excluding hydrogens is 236 g/mol. The van der Waals surface area contributed by atoms with Gasteiger partial charge in [-0.2, -0.15) is 0 Å². The van der Waals surface area contributed by atoms with E-state index in [0.717, 1.165) is 12.8 Å². The molecule has 0 aliphatic rings. The van der Waals surface area contributed by atoms with E-state index in [-0.39, 0.29) is 6.42 Å². The lowest BCUT2D eigenvalue weighted by Gasteiger charge is -1.95. The molecule has 0 aliphatic carbocycles. The second kappa shape index (κ2) is 14.7. The summed E-state index contributed by atoms with van der Waals surface area (Å²) < 4.78 is 0. The van der Waals surface area contributed by atoms with Gasteiger partial charge in [0.25, 0.3) is 0 Å². The first-order valence-corrected chi connectivity index (χ1v) is 7.47. The summed E-state index contributed by atoms with van der Waals surface area (Å²) in [6.07, 6.45) is 21.9. The average Bonchev–Trinajstić information content (AvgIpc) is 2.39. The summed E-state index contributed by atoms with van der Waals surface area (Å²) in [6.45, 7) is 2.24. The molecule has 19 heavy (non-hydrogen) atoms. The molecule has 0 aliphatic heterocycles. The normalized spacial score (nSPS) is 12.1. The van der Waals surface area contributed by atoms with E-state index in [0.29, 0.717) is 6.42 Å². The van der Waals surface area contributed by atoms with Crippen LogP contribution in [0, 0.1) is 0 Å². The van der Waals surface area contributed by atoms with Gasteiger partial charge in [0, 0.05) is 6.42 Å². The van der Waals surface area contributed by atoms with Crippen molar-refractivity contribution in [3.63, 3.8) is 0 Å². The summed E-state index contributed by atoms with van der Waals surface area (Å²) in [5.41, 5.74) is 0. The fourth-order valence-electron chi connectivity index (χ4n) is 1.71. The van der Waals surface area contributed by atoms with Gasteiger partial charge in [0.2, 0.25) is 0 Å². The molecule has 0 saturated carbocycles. The Bertz CT molecular complexity index is 288. The van der Waals surface area contributed by atoms with Gasteiger partial charge in [0.05, 0.1) is 0 Å². The molecule has 0 rings (SSSR count). The number of aliphatic carboxylic acids is 1. The van der Waals surface area contributed by atoms with Crippen LogP contribution in [0.2, 0.25) is 0 Å².